The van der Waals surface area contributed by atoms with Crippen LogP contribution in [-0.4, -0.2) is 37.3 Å². The lowest BCUT2D eigenvalue weighted by molar-refractivity contribution is 0.165. The van der Waals surface area contributed by atoms with Crippen molar-refractivity contribution in [3.63, 3.8) is 0 Å². The normalized spacial score (nSPS) is 11.8. The van der Waals surface area contributed by atoms with E-state index in [0.717, 1.165) is 35.7 Å². The Morgan fingerprint density at radius 3 is 2.27 bits per heavy atom. The molecule has 1 aromatic carbocycles. The van der Waals surface area contributed by atoms with Crippen LogP contribution in [-0.2, 0) is 6.67 Å². The number of hydrogen-bond donors (Lipinski definition) is 0. The maximum atomic E-state index is 6.43. The van der Waals surface area contributed by atoms with E-state index in [1.807, 2.05) is 46.5 Å². The molecule has 30 heavy (non-hydrogen) atoms. The Morgan fingerprint density at radius 2 is 1.67 bits per heavy atom. The van der Waals surface area contributed by atoms with Gasteiger partial charge in [0.2, 0.25) is 4.77 Å². The van der Waals surface area contributed by atoms with Crippen LogP contribution in [0.3, 0.4) is 0 Å². The van der Waals surface area contributed by atoms with E-state index in [1.54, 1.807) is 12.4 Å². The summed E-state index contributed by atoms with van der Waals surface area (Å²) < 4.78 is 4.61. The minimum Gasteiger partial charge on any atom is -0.284 e. The maximum absolute atomic E-state index is 6.43. The molecule has 0 amide bonds. The van der Waals surface area contributed by atoms with E-state index in [1.165, 1.54) is 0 Å². The smallest absolute Gasteiger partial charge is 0.204 e. The quantitative estimate of drug-likeness (QED) is 0.400. The second-order valence-corrected chi connectivity index (χ2v) is 9.30. The van der Waals surface area contributed by atoms with E-state index in [-0.39, 0.29) is 0 Å². The lowest BCUT2D eigenvalue weighted by Crippen LogP contribution is -2.33. The number of aromatic nitrogens is 4. The molecular formula is C23H30ClN5S. The van der Waals surface area contributed by atoms with E-state index in [9.17, 15) is 0 Å². The van der Waals surface area contributed by atoms with Gasteiger partial charge >= 0.3 is 0 Å². The molecule has 2 heterocycles. The first-order chi connectivity index (χ1) is 14.3. The Kier molecular flexibility index (Phi) is 7.45. The van der Waals surface area contributed by atoms with Crippen molar-refractivity contribution in [3.8, 4) is 17.1 Å². The molecule has 0 radical (unpaired) electrons. The molecule has 0 bridgehead atoms. The van der Waals surface area contributed by atoms with Crippen LogP contribution in [0, 0.1) is 23.5 Å². The van der Waals surface area contributed by atoms with Crippen molar-refractivity contribution in [1.82, 2.24) is 24.2 Å². The molecule has 0 atom stereocenters. The van der Waals surface area contributed by atoms with Gasteiger partial charge in [-0.2, -0.15) is 0 Å². The van der Waals surface area contributed by atoms with Crippen molar-refractivity contribution in [2.45, 2.75) is 41.3 Å². The maximum Gasteiger partial charge on any atom is 0.204 e. The molecule has 0 saturated carbocycles. The second kappa shape index (κ2) is 9.86. The predicted octanol–water partition coefficient (Wildman–Crippen LogP) is 6.00. The first-order valence-electron chi connectivity index (χ1n) is 10.4. The average molecular weight is 444 g/mol. The Hall–Kier alpha value is -2.02. The van der Waals surface area contributed by atoms with Crippen LogP contribution >= 0.6 is 23.8 Å². The molecular weight excluding hydrogens is 414 g/mol. The van der Waals surface area contributed by atoms with Crippen LogP contribution in [0.25, 0.3) is 17.1 Å². The largest absolute Gasteiger partial charge is 0.284 e. The van der Waals surface area contributed by atoms with Crippen molar-refractivity contribution < 1.29 is 0 Å². The number of hydrogen-bond acceptors (Lipinski definition) is 4. The molecule has 0 unspecified atom stereocenters. The molecule has 0 aliphatic heterocycles. The van der Waals surface area contributed by atoms with Crippen LogP contribution in [0.1, 0.15) is 33.3 Å². The van der Waals surface area contributed by atoms with Crippen molar-refractivity contribution in [3.05, 3.63) is 58.1 Å². The van der Waals surface area contributed by atoms with E-state index in [4.69, 9.17) is 28.9 Å². The molecule has 3 aromatic rings. The molecule has 2 aromatic heterocycles. The number of pyridine rings is 1. The van der Waals surface area contributed by atoms with Gasteiger partial charge in [0.25, 0.3) is 0 Å². The van der Waals surface area contributed by atoms with Crippen molar-refractivity contribution in [2.75, 3.05) is 13.1 Å². The van der Waals surface area contributed by atoms with Gasteiger partial charge in [-0.1, -0.05) is 45.4 Å². The summed E-state index contributed by atoms with van der Waals surface area (Å²) in [4.78, 5) is 6.57. The fourth-order valence-electron chi connectivity index (χ4n) is 3.66. The minimum atomic E-state index is 0.565. The van der Waals surface area contributed by atoms with Gasteiger partial charge in [0.15, 0.2) is 5.82 Å². The monoisotopic (exact) mass is 443 g/mol. The van der Waals surface area contributed by atoms with Gasteiger partial charge in [-0.15, -0.1) is 5.10 Å². The topological polar surface area (TPSA) is 38.9 Å². The van der Waals surface area contributed by atoms with E-state index in [0.29, 0.717) is 28.3 Å². The number of rotatable bonds is 8. The van der Waals surface area contributed by atoms with Crippen molar-refractivity contribution in [2.24, 2.45) is 11.8 Å². The highest BCUT2D eigenvalue weighted by atomic mass is 35.5. The SMILES string of the molecule is Cc1c(Cl)cccc1-n1c(-c2ccncc2)nn(CN(CC(C)C)CC(C)C)c1=S. The highest BCUT2D eigenvalue weighted by molar-refractivity contribution is 7.71. The standard InChI is InChI=1S/C23H30ClN5S/c1-16(2)13-27(14-17(3)4)15-28-23(30)29(21-8-6-7-20(24)18(21)5)22(26-28)19-9-11-25-12-10-19/h6-12,16-17H,13-15H2,1-5H3. The van der Waals surface area contributed by atoms with Gasteiger partial charge in [-0.3, -0.25) is 14.5 Å². The summed E-state index contributed by atoms with van der Waals surface area (Å²) >= 11 is 12.3. The van der Waals surface area contributed by atoms with Gasteiger partial charge in [0.05, 0.1) is 12.4 Å². The number of benzene rings is 1. The molecule has 3 rings (SSSR count). The zero-order valence-corrected chi connectivity index (χ0v) is 19.9. The third-order valence-electron chi connectivity index (χ3n) is 4.84. The summed E-state index contributed by atoms with van der Waals surface area (Å²) in [5.41, 5.74) is 2.89. The summed E-state index contributed by atoms with van der Waals surface area (Å²) in [6.45, 7) is 13.6. The molecule has 0 spiro atoms. The number of nitrogens with zero attached hydrogens (tertiary/aromatic N) is 5. The summed E-state index contributed by atoms with van der Waals surface area (Å²) in [6, 6.07) is 9.79. The molecule has 0 fully saturated rings. The zero-order valence-electron chi connectivity index (χ0n) is 18.3. The van der Waals surface area contributed by atoms with E-state index < -0.39 is 0 Å². The minimum absolute atomic E-state index is 0.565. The molecule has 0 N–H and O–H groups in total. The Morgan fingerprint density at radius 1 is 1.03 bits per heavy atom. The Balaban J connectivity index is 2.13. The van der Waals surface area contributed by atoms with E-state index >= 15 is 0 Å². The van der Waals surface area contributed by atoms with Crippen LogP contribution in [0.4, 0.5) is 0 Å². The second-order valence-electron chi connectivity index (χ2n) is 8.53. The van der Waals surface area contributed by atoms with Gasteiger partial charge in [-0.25, -0.2) is 4.68 Å². The molecule has 7 heteroatoms. The zero-order chi connectivity index (χ0) is 21.8. The Bertz CT molecular complexity index is 1030. The molecule has 0 saturated heterocycles. The molecule has 0 aliphatic carbocycles. The first-order valence-corrected chi connectivity index (χ1v) is 11.1. The average Bonchev–Trinajstić information content (AvgIpc) is 3.00. The van der Waals surface area contributed by atoms with Crippen molar-refractivity contribution >= 4 is 23.8 Å². The van der Waals surface area contributed by atoms with Gasteiger partial charge in [-0.05, 0) is 60.8 Å². The lowest BCUT2D eigenvalue weighted by atomic mass is 10.1. The third kappa shape index (κ3) is 5.17. The van der Waals surface area contributed by atoms with Gasteiger partial charge < -0.3 is 0 Å². The highest BCUT2D eigenvalue weighted by Gasteiger charge is 2.19. The number of halogens is 1. The van der Waals surface area contributed by atoms with E-state index in [2.05, 4.69) is 37.6 Å². The van der Waals surface area contributed by atoms with Gasteiger partial charge in [0, 0.05) is 36.1 Å². The summed E-state index contributed by atoms with van der Waals surface area (Å²) in [5, 5.41) is 5.66. The Labute approximate surface area is 189 Å². The summed E-state index contributed by atoms with van der Waals surface area (Å²) in [7, 11) is 0. The lowest BCUT2D eigenvalue weighted by Gasteiger charge is -2.25. The van der Waals surface area contributed by atoms with Crippen molar-refractivity contribution in [1.29, 1.82) is 0 Å². The van der Waals surface area contributed by atoms with Crippen LogP contribution in [0.15, 0.2) is 42.7 Å². The summed E-state index contributed by atoms with van der Waals surface area (Å²) in [5.74, 6) is 1.92. The fraction of sp³-hybridized carbons (Fsp3) is 0.435. The fourth-order valence-corrected chi connectivity index (χ4v) is 4.11. The van der Waals surface area contributed by atoms with Crippen LogP contribution in [0.2, 0.25) is 5.02 Å². The van der Waals surface area contributed by atoms with Crippen LogP contribution < -0.4 is 0 Å². The summed E-state index contributed by atoms with van der Waals surface area (Å²) in [6.07, 6.45) is 3.55. The van der Waals surface area contributed by atoms with Gasteiger partial charge in [0.1, 0.15) is 0 Å². The molecule has 0 aliphatic rings. The highest BCUT2D eigenvalue weighted by Crippen LogP contribution is 2.28. The molecule has 5 nitrogen and oxygen atoms in total. The van der Waals surface area contributed by atoms with Crippen LogP contribution in [0.5, 0.6) is 0 Å². The predicted molar refractivity (Wildman–Crippen MR) is 127 cm³/mol. The molecule has 160 valence electrons. The third-order valence-corrected chi connectivity index (χ3v) is 5.64. The first kappa shape index (κ1) is 22.7.